The van der Waals surface area contributed by atoms with E-state index in [1.807, 2.05) is 6.07 Å². The molecule has 0 aliphatic heterocycles. The van der Waals surface area contributed by atoms with Gasteiger partial charge in [-0.2, -0.15) is 0 Å². The number of hydrogen-bond donors (Lipinski definition) is 1. The van der Waals surface area contributed by atoms with Gasteiger partial charge in [0, 0.05) is 12.2 Å². The normalized spacial score (nSPS) is 10.7. The molecule has 0 radical (unpaired) electrons. The van der Waals surface area contributed by atoms with E-state index >= 15 is 0 Å². The van der Waals surface area contributed by atoms with Gasteiger partial charge >= 0.3 is 0 Å². The molecular weight excluding hydrogens is 164 g/mol. The van der Waals surface area contributed by atoms with Gasteiger partial charge in [-0.3, -0.25) is 4.79 Å². The fourth-order valence-corrected chi connectivity index (χ4v) is 1.50. The molecule has 0 amide bonds. The van der Waals surface area contributed by atoms with Crippen molar-refractivity contribution in [3.05, 3.63) is 28.7 Å². The van der Waals surface area contributed by atoms with Gasteiger partial charge in [0.15, 0.2) is 0 Å². The summed E-state index contributed by atoms with van der Waals surface area (Å²) in [5.74, 6) is 0. The first-order chi connectivity index (χ1) is 6.20. The van der Waals surface area contributed by atoms with Gasteiger partial charge < -0.3 is 10.3 Å². The highest BCUT2D eigenvalue weighted by Crippen LogP contribution is 2.12. The highest BCUT2D eigenvalue weighted by atomic mass is 16.1. The topological polar surface area (TPSA) is 48.0 Å². The minimum absolute atomic E-state index is 0.0730. The van der Waals surface area contributed by atoms with Crippen LogP contribution >= 0.6 is 0 Å². The highest BCUT2D eigenvalue weighted by Gasteiger charge is 2.07. The molecule has 0 aromatic carbocycles. The average Bonchev–Trinajstić information content (AvgIpc) is 2.14. The second kappa shape index (κ2) is 4.12. The molecule has 0 bridgehead atoms. The highest BCUT2D eigenvalue weighted by molar-refractivity contribution is 5.33. The van der Waals surface area contributed by atoms with Crippen molar-refractivity contribution < 1.29 is 0 Å². The van der Waals surface area contributed by atoms with E-state index in [2.05, 4.69) is 13.8 Å². The predicted octanol–water partition coefficient (Wildman–Crippen LogP) is 1.79. The lowest BCUT2D eigenvalue weighted by Gasteiger charge is -2.15. The molecule has 1 rings (SSSR count). The van der Waals surface area contributed by atoms with Gasteiger partial charge in [-0.15, -0.1) is 0 Å². The summed E-state index contributed by atoms with van der Waals surface area (Å²) in [7, 11) is 0. The van der Waals surface area contributed by atoms with Crippen LogP contribution in [0.5, 0.6) is 0 Å². The Morgan fingerprint density at radius 1 is 1.46 bits per heavy atom. The van der Waals surface area contributed by atoms with Crippen LogP contribution in [-0.4, -0.2) is 4.57 Å². The maximum absolute atomic E-state index is 11.6. The lowest BCUT2D eigenvalue weighted by molar-refractivity contribution is 0.459. The molecule has 0 aliphatic carbocycles. The predicted molar refractivity (Wildman–Crippen MR) is 54.7 cm³/mol. The smallest absolute Gasteiger partial charge is 0.273 e. The number of aromatic nitrogens is 1. The third-order valence-corrected chi connectivity index (χ3v) is 2.34. The molecule has 0 aliphatic rings. The van der Waals surface area contributed by atoms with Crippen molar-refractivity contribution in [2.75, 3.05) is 5.73 Å². The number of pyridine rings is 1. The summed E-state index contributed by atoms with van der Waals surface area (Å²) in [6.07, 6.45) is 3.72. The maximum atomic E-state index is 11.6. The fraction of sp³-hybridized carbons (Fsp3) is 0.500. The molecule has 1 aromatic rings. The zero-order chi connectivity index (χ0) is 9.84. The summed E-state index contributed by atoms with van der Waals surface area (Å²) in [4.78, 5) is 11.6. The molecule has 13 heavy (non-hydrogen) atoms. The molecule has 72 valence electrons. The Labute approximate surface area is 78.2 Å². The summed E-state index contributed by atoms with van der Waals surface area (Å²) in [6.45, 7) is 4.15. The lowest BCUT2D eigenvalue weighted by atomic mass is 10.1. The number of nitrogen functional groups attached to an aromatic ring is 1. The molecule has 0 fully saturated rings. The van der Waals surface area contributed by atoms with Crippen molar-refractivity contribution >= 4 is 5.69 Å². The molecular formula is C10H16N2O. The van der Waals surface area contributed by atoms with Crippen molar-refractivity contribution in [1.29, 1.82) is 0 Å². The minimum atomic E-state index is -0.0730. The zero-order valence-electron chi connectivity index (χ0n) is 8.16. The second-order valence-electron chi connectivity index (χ2n) is 3.15. The molecule has 1 heterocycles. The number of nitrogens with zero attached hydrogens (tertiary/aromatic N) is 1. The second-order valence-corrected chi connectivity index (χ2v) is 3.15. The van der Waals surface area contributed by atoms with Crippen LogP contribution in [0.1, 0.15) is 32.7 Å². The van der Waals surface area contributed by atoms with E-state index in [1.165, 1.54) is 0 Å². The molecule has 0 unspecified atom stereocenters. The van der Waals surface area contributed by atoms with Crippen molar-refractivity contribution in [1.82, 2.24) is 4.57 Å². The van der Waals surface area contributed by atoms with E-state index in [9.17, 15) is 4.79 Å². The third-order valence-electron chi connectivity index (χ3n) is 2.34. The van der Waals surface area contributed by atoms with Crippen LogP contribution in [0.2, 0.25) is 0 Å². The van der Waals surface area contributed by atoms with E-state index in [-0.39, 0.29) is 11.6 Å². The number of hydrogen-bond acceptors (Lipinski definition) is 2. The maximum Gasteiger partial charge on any atom is 0.273 e. The Kier molecular flexibility index (Phi) is 3.12. The van der Waals surface area contributed by atoms with E-state index in [0.717, 1.165) is 12.8 Å². The van der Waals surface area contributed by atoms with Gasteiger partial charge in [-0.25, -0.2) is 0 Å². The van der Waals surface area contributed by atoms with Crippen LogP contribution in [-0.2, 0) is 0 Å². The molecule has 3 nitrogen and oxygen atoms in total. The Balaban J connectivity index is 3.14. The Hall–Kier alpha value is -1.25. The summed E-state index contributed by atoms with van der Waals surface area (Å²) in [5, 5.41) is 0. The number of nitrogens with two attached hydrogens (primary N) is 1. The first-order valence-corrected chi connectivity index (χ1v) is 4.67. The van der Waals surface area contributed by atoms with E-state index < -0.39 is 0 Å². The third kappa shape index (κ3) is 1.91. The first kappa shape index (κ1) is 9.84. The number of rotatable bonds is 3. The summed E-state index contributed by atoms with van der Waals surface area (Å²) >= 11 is 0. The van der Waals surface area contributed by atoms with Gasteiger partial charge in [-0.1, -0.05) is 13.8 Å². The van der Waals surface area contributed by atoms with Gasteiger partial charge in [0.1, 0.15) is 0 Å². The SMILES string of the molecule is CCC(CC)n1cccc(N)c1=O. The summed E-state index contributed by atoms with van der Waals surface area (Å²) in [5.41, 5.74) is 5.79. The molecule has 2 N–H and O–H groups in total. The molecule has 1 aromatic heterocycles. The van der Waals surface area contributed by atoms with Crippen LogP contribution in [0.25, 0.3) is 0 Å². The monoisotopic (exact) mass is 180 g/mol. The van der Waals surface area contributed by atoms with Crippen LogP contribution in [0.15, 0.2) is 23.1 Å². The standard InChI is InChI=1S/C10H16N2O/c1-3-8(4-2)12-7-5-6-9(11)10(12)13/h5-8H,3-4,11H2,1-2H3. The van der Waals surface area contributed by atoms with Gasteiger partial charge in [0.2, 0.25) is 0 Å². The fourth-order valence-electron chi connectivity index (χ4n) is 1.50. The van der Waals surface area contributed by atoms with Crippen molar-refractivity contribution in [2.45, 2.75) is 32.7 Å². The summed E-state index contributed by atoms with van der Waals surface area (Å²) in [6, 6.07) is 3.73. The van der Waals surface area contributed by atoms with Crippen molar-refractivity contribution in [3.63, 3.8) is 0 Å². The van der Waals surface area contributed by atoms with Crippen molar-refractivity contribution in [3.8, 4) is 0 Å². The average molecular weight is 180 g/mol. The number of anilines is 1. The Bertz CT molecular complexity index is 326. The molecule has 0 saturated carbocycles. The lowest BCUT2D eigenvalue weighted by Crippen LogP contribution is -2.25. The van der Waals surface area contributed by atoms with E-state index in [4.69, 9.17) is 5.73 Å². The molecule has 0 atom stereocenters. The van der Waals surface area contributed by atoms with Crippen molar-refractivity contribution in [2.24, 2.45) is 0 Å². The van der Waals surface area contributed by atoms with Crippen LogP contribution in [0.4, 0.5) is 5.69 Å². The van der Waals surface area contributed by atoms with Gasteiger partial charge in [0.25, 0.3) is 5.56 Å². The Morgan fingerprint density at radius 3 is 2.62 bits per heavy atom. The molecule has 0 spiro atoms. The van der Waals surface area contributed by atoms with E-state index in [0.29, 0.717) is 5.69 Å². The molecule has 3 heteroatoms. The largest absolute Gasteiger partial charge is 0.394 e. The van der Waals surface area contributed by atoms with Crippen LogP contribution < -0.4 is 11.3 Å². The van der Waals surface area contributed by atoms with E-state index in [1.54, 1.807) is 16.8 Å². The zero-order valence-corrected chi connectivity index (χ0v) is 8.16. The minimum Gasteiger partial charge on any atom is -0.394 e. The van der Waals surface area contributed by atoms with Gasteiger partial charge in [0.05, 0.1) is 5.69 Å². The first-order valence-electron chi connectivity index (χ1n) is 4.67. The molecule has 0 saturated heterocycles. The summed E-state index contributed by atoms with van der Waals surface area (Å²) < 4.78 is 1.72. The van der Waals surface area contributed by atoms with Gasteiger partial charge in [-0.05, 0) is 25.0 Å². The van der Waals surface area contributed by atoms with Crippen LogP contribution in [0.3, 0.4) is 0 Å². The van der Waals surface area contributed by atoms with Crippen LogP contribution in [0, 0.1) is 0 Å². The quantitative estimate of drug-likeness (QED) is 0.771. The Morgan fingerprint density at radius 2 is 2.08 bits per heavy atom.